The van der Waals surface area contributed by atoms with Crippen LogP contribution in [0.3, 0.4) is 0 Å². The van der Waals surface area contributed by atoms with E-state index in [1.807, 2.05) is 13.0 Å². The topological polar surface area (TPSA) is 85.1 Å². The van der Waals surface area contributed by atoms with Crippen molar-refractivity contribution in [3.05, 3.63) is 33.9 Å². The Labute approximate surface area is 103 Å². The van der Waals surface area contributed by atoms with Crippen LogP contribution in [0.15, 0.2) is 17.1 Å². The van der Waals surface area contributed by atoms with E-state index in [0.717, 1.165) is 5.56 Å². The third-order valence-corrected chi connectivity index (χ3v) is 2.68. The summed E-state index contributed by atoms with van der Waals surface area (Å²) in [5.74, 6) is -0.943. The van der Waals surface area contributed by atoms with Crippen LogP contribution in [0.5, 0.6) is 0 Å². The van der Waals surface area contributed by atoms with Crippen LogP contribution in [0.2, 0.25) is 0 Å². The monoisotopic (exact) mass is 247 g/mol. The molecule has 2 aromatic heterocycles. The zero-order chi connectivity index (χ0) is 13.3. The van der Waals surface area contributed by atoms with Crippen LogP contribution in [-0.2, 0) is 18.3 Å². The van der Waals surface area contributed by atoms with E-state index in [0.29, 0.717) is 11.2 Å². The molecule has 94 valence electrons. The average molecular weight is 247 g/mol. The Balaban J connectivity index is 2.58. The van der Waals surface area contributed by atoms with Crippen molar-refractivity contribution in [2.75, 3.05) is 0 Å². The molecule has 0 aliphatic rings. The fourth-order valence-corrected chi connectivity index (χ4v) is 1.76. The number of carboxylic acid groups (broad SMARTS) is 1. The molecule has 6 heteroatoms. The normalized spacial score (nSPS) is 10.8. The number of rotatable bonds is 3. The number of hydrogen-bond acceptors (Lipinski definition) is 4. The van der Waals surface area contributed by atoms with Crippen molar-refractivity contribution in [2.45, 2.75) is 19.8 Å². The molecule has 0 saturated carbocycles. The Kier molecular flexibility index (Phi) is 3.10. The number of hydrogen-bond donors (Lipinski definition) is 1. The van der Waals surface area contributed by atoms with Gasteiger partial charge < -0.3 is 5.11 Å². The van der Waals surface area contributed by atoms with Crippen LogP contribution in [0.4, 0.5) is 0 Å². The summed E-state index contributed by atoms with van der Waals surface area (Å²) in [4.78, 5) is 30.9. The maximum atomic E-state index is 11.9. The van der Waals surface area contributed by atoms with Gasteiger partial charge >= 0.3 is 5.97 Å². The standard InChI is InChI=1S/C12H13N3O3/c1-7-5-9-11(13-6-7)15(2)12(18)8(14-9)3-4-10(16)17/h5-6H,3-4H2,1-2H3,(H,16,17). The van der Waals surface area contributed by atoms with Gasteiger partial charge in [0.25, 0.3) is 5.56 Å². The number of pyridine rings is 1. The second-order valence-corrected chi connectivity index (χ2v) is 4.17. The molecule has 0 aliphatic carbocycles. The Hall–Kier alpha value is -2.24. The molecular formula is C12H13N3O3. The van der Waals surface area contributed by atoms with Gasteiger partial charge in [0.05, 0.1) is 6.42 Å². The van der Waals surface area contributed by atoms with Gasteiger partial charge in [-0.25, -0.2) is 9.97 Å². The summed E-state index contributed by atoms with van der Waals surface area (Å²) >= 11 is 0. The van der Waals surface area contributed by atoms with Gasteiger partial charge in [0.1, 0.15) is 11.2 Å². The number of nitrogens with zero attached hydrogens (tertiary/aromatic N) is 3. The number of carbonyl (C=O) groups is 1. The minimum atomic E-state index is -0.943. The number of fused-ring (bicyclic) bond motifs is 1. The van der Waals surface area contributed by atoms with Crippen molar-refractivity contribution in [3.8, 4) is 0 Å². The summed E-state index contributed by atoms with van der Waals surface area (Å²) < 4.78 is 1.40. The zero-order valence-corrected chi connectivity index (χ0v) is 10.2. The molecule has 2 aromatic rings. The Morgan fingerprint density at radius 3 is 2.89 bits per heavy atom. The quantitative estimate of drug-likeness (QED) is 0.860. The minimum Gasteiger partial charge on any atom is -0.481 e. The lowest BCUT2D eigenvalue weighted by atomic mass is 10.2. The summed E-state index contributed by atoms with van der Waals surface area (Å²) in [7, 11) is 1.61. The van der Waals surface area contributed by atoms with Crippen LogP contribution < -0.4 is 5.56 Å². The van der Waals surface area contributed by atoms with E-state index in [2.05, 4.69) is 9.97 Å². The molecule has 2 rings (SSSR count). The van der Waals surface area contributed by atoms with Crippen LogP contribution in [0.1, 0.15) is 17.7 Å². The summed E-state index contributed by atoms with van der Waals surface area (Å²) in [6.45, 7) is 1.89. The second-order valence-electron chi connectivity index (χ2n) is 4.17. The molecule has 2 heterocycles. The van der Waals surface area contributed by atoms with Crippen molar-refractivity contribution in [3.63, 3.8) is 0 Å². The highest BCUT2D eigenvalue weighted by Crippen LogP contribution is 2.09. The van der Waals surface area contributed by atoms with Crippen molar-refractivity contribution in [1.29, 1.82) is 0 Å². The maximum absolute atomic E-state index is 11.9. The van der Waals surface area contributed by atoms with Crippen molar-refractivity contribution >= 4 is 17.1 Å². The van der Waals surface area contributed by atoms with Crippen molar-refractivity contribution < 1.29 is 9.90 Å². The van der Waals surface area contributed by atoms with Gasteiger partial charge in [-0.05, 0) is 18.6 Å². The van der Waals surface area contributed by atoms with Crippen LogP contribution in [0.25, 0.3) is 11.2 Å². The van der Waals surface area contributed by atoms with Crippen LogP contribution >= 0.6 is 0 Å². The van der Waals surface area contributed by atoms with Crippen molar-refractivity contribution in [1.82, 2.24) is 14.5 Å². The highest BCUT2D eigenvalue weighted by atomic mass is 16.4. The molecule has 0 unspecified atom stereocenters. The molecule has 0 aromatic carbocycles. The third kappa shape index (κ3) is 2.22. The van der Waals surface area contributed by atoms with Gasteiger partial charge in [-0.15, -0.1) is 0 Å². The molecule has 18 heavy (non-hydrogen) atoms. The molecule has 0 radical (unpaired) electrons. The zero-order valence-electron chi connectivity index (χ0n) is 10.2. The van der Waals surface area contributed by atoms with Gasteiger partial charge in [-0.3, -0.25) is 14.2 Å². The lowest BCUT2D eigenvalue weighted by Crippen LogP contribution is -2.24. The van der Waals surface area contributed by atoms with Gasteiger partial charge in [-0.2, -0.15) is 0 Å². The number of aliphatic carboxylic acids is 1. The summed E-state index contributed by atoms with van der Waals surface area (Å²) in [6, 6.07) is 1.83. The second kappa shape index (κ2) is 4.56. The van der Waals surface area contributed by atoms with E-state index < -0.39 is 5.97 Å². The lowest BCUT2D eigenvalue weighted by molar-refractivity contribution is -0.136. The Bertz CT molecular complexity index is 676. The summed E-state index contributed by atoms with van der Waals surface area (Å²) in [5.41, 5.74) is 2.03. The minimum absolute atomic E-state index is 0.104. The van der Waals surface area contributed by atoms with E-state index in [4.69, 9.17) is 5.11 Å². The highest BCUT2D eigenvalue weighted by Gasteiger charge is 2.10. The summed E-state index contributed by atoms with van der Waals surface area (Å²) in [6.07, 6.45) is 1.69. The molecule has 0 amide bonds. The van der Waals surface area contributed by atoms with E-state index in [-0.39, 0.29) is 24.1 Å². The molecule has 1 N–H and O–H groups in total. The van der Waals surface area contributed by atoms with Gasteiger partial charge in [-0.1, -0.05) is 0 Å². The number of aromatic nitrogens is 3. The smallest absolute Gasteiger partial charge is 0.303 e. The first-order valence-corrected chi connectivity index (χ1v) is 5.53. The highest BCUT2D eigenvalue weighted by molar-refractivity contribution is 5.71. The predicted molar refractivity (Wildman–Crippen MR) is 65.5 cm³/mol. The first-order valence-electron chi connectivity index (χ1n) is 5.53. The molecular weight excluding hydrogens is 234 g/mol. The van der Waals surface area contributed by atoms with E-state index in [9.17, 15) is 9.59 Å². The SMILES string of the molecule is Cc1cnc2c(c1)nc(CCC(=O)O)c(=O)n2C. The van der Waals surface area contributed by atoms with Crippen LogP contribution in [0, 0.1) is 6.92 Å². The predicted octanol–water partition coefficient (Wildman–Crippen LogP) is 0.654. The van der Waals surface area contributed by atoms with E-state index in [1.54, 1.807) is 13.2 Å². The fraction of sp³-hybridized carbons (Fsp3) is 0.333. The lowest BCUT2D eigenvalue weighted by Gasteiger charge is -2.06. The third-order valence-electron chi connectivity index (χ3n) is 2.68. The van der Waals surface area contributed by atoms with Gasteiger partial charge in [0.15, 0.2) is 5.65 Å². The maximum Gasteiger partial charge on any atom is 0.303 e. The molecule has 0 saturated heterocycles. The largest absolute Gasteiger partial charge is 0.481 e. The van der Waals surface area contributed by atoms with Gasteiger partial charge in [0.2, 0.25) is 0 Å². The van der Waals surface area contributed by atoms with Crippen LogP contribution in [-0.4, -0.2) is 25.6 Å². The molecule has 0 bridgehead atoms. The molecule has 6 nitrogen and oxygen atoms in total. The van der Waals surface area contributed by atoms with Crippen molar-refractivity contribution in [2.24, 2.45) is 7.05 Å². The molecule has 0 atom stereocenters. The van der Waals surface area contributed by atoms with E-state index >= 15 is 0 Å². The van der Waals surface area contributed by atoms with E-state index in [1.165, 1.54) is 4.57 Å². The summed E-state index contributed by atoms with van der Waals surface area (Å²) in [5, 5.41) is 8.64. The number of carboxylic acids is 1. The number of aryl methyl sites for hydroxylation is 3. The Morgan fingerprint density at radius 2 is 2.22 bits per heavy atom. The first-order chi connectivity index (χ1) is 8.49. The fourth-order valence-electron chi connectivity index (χ4n) is 1.76. The molecule has 0 fully saturated rings. The van der Waals surface area contributed by atoms with Gasteiger partial charge in [0, 0.05) is 19.7 Å². The molecule has 0 aliphatic heterocycles. The molecule has 0 spiro atoms. The average Bonchev–Trinajstić information content (AvgIpc) is 2.31. The first kappa shape index (κ1) is 12.2. The Morgan fingerprint density at radius 1 is 1.50 bits per heavy atom.